The molecule has 53 heavy (non-hydrogen) atoms. The predicted molar refractivity (Wildman–Crippen MR) is 197 cm³/mol. The van der Waals surface area contributed by atoms with Gasteiger partial charge in [-0.05, 0) is 55.3 Å². The molecule has 6 heterocycles. The van der Waals surface area contributed by atoms with Crippen LogP contribution in [0.15, 0.2) is 29.6 Å². The van der Waals surface area contributed by atoms with Crippen molar-refractivity contribution in [1.29, 1.82) is 0 Å². The maximum atomic E-state index is 12.1. The van der Waals surface area contributed by atoms with Gasteiger partial charge in [0.2, 0.25) is 5.01 Å². The van der Waals surface area contributed by atoms with Crippen molar-refractivity contribution in [2.75, 3.05) is 11.4 Å². The molecule has 3 aliphatic heterocycles. The van der Waals surface area contributed by atoms with E-state index >= 15 is 0 Å². The molecule has 0 aliphatic carbocycles. The first kappa shape index (κ1) is 38.2. The second kappa shape index (κ2) is 17.5. The quantitative estimate of drug-likeness (QED) is 0.116. The summed E-state index contributed by atoms with van der Waals surface area (Å²) < 4.78 is 4.66. The van der Waals surface area contributed by atoms with E-state index in [1.165, 1.54) is 22.7 Å². The van der Waals surface area contributed by atoms with Gasteiger partial charge in [0.1, 0.15) is 15.6 Å². The maximum Gasteiger partial charge on any atom is 0.342 e. The Morgan fingerprint density at radius 2 is 1.45 bits per heavy atom. The van der Waals surface area contributed by atoms with Gasteiger partial charge in [-0.25, -0.2) is 19.1 Å². The van der Waals surface area contributed by atoms with Gasteiger partial charge in [-0.1, -0.05) is 47.0 Å². The van der Waals surface area contributed by atoms with Gasteiger partial charge in [-0.3, -0.25) is 19.2 Å². The molecule has 3 aromatic rings. The number of allylic oxidation sites excluding steroid dienone is 2. The Bertz CT molecular complexity index is 2120. The minimum absolute atomic E-state index is 0.0638. The minimum Gasteiger partial charge on any atom is -0.330 e. The zero-order valence-corrected chi connectivity index (χ0v) is 31.6. The van der Waals surface area contributed by atoms with E-state index in [2.05, 4.69) is 0 Å². The van der Waals surface area contributed by atoms with Crippen LogP contribution in [0.2, 0.25) is 5.02 Å². The lowest BCUT2D eigenvalue weighted by Gasteiger charge is -2.20. The van der Waals surface area contributed by atoms with Crippen LogP contribution in [0.5, 0.6) is 0 Å². The van der Waals surface area contributed by atoms with Crippen molar-refractivity contribution in [3.8, 4) is 0 Å². The molecule has 0 N–H and O–H groups in total. The van der Waals surface area contributed by atoms with E-state index in [1.54, 1.807) is 0 Å². The van der Waals surface area contributed by atoms with Gasteiger partial charge < -0.3 is 14.6 Å². The van der Waals surface area contributed by atoms with Crippen LogP contribution in [0.3, 0.4) is 0 Å². The van der Waals surface area contributed by atoms with Crippen molar-refractivity contribution in [1.82, 2.24) is 20.1 Å². The molecule has 3 aromatic heterocycles. The number of hydroxylamine groups is 4. The van der Waals surface area contributed by atoms with Crippen LogP contribution in [0.1, 0.15) is 82.1 Å². The van der Waals surface area contributed by atoms with Crippen LogP contribution in [0.25, 0.3) is 28.6 Å². The first-order chi connectivity index (χ1) is 25.5. The lowest BCUT2D eigenvalue weighted by molar-refractivity contribution is -0.673. The summed E-state index contributed by atoms with van der Waals surface area (Å²) >= 11 is 15.9. The molecule has 0 spiro atoms. The number of halogens is 2. The van der Waals surface area contributed by atoms with Crippen LogP contribution in [0, 0.1) is 0 Å². The van der Waals surface area contributed by atoms with Gasteiger partial charge in [0, 0.05) is 57.3 Å². The fraction of sp³-hybridized carbons (Fsp3) is 0.400. The Morgan fingerprint density at radius 1 is 0.830 bits per heavy atom. The summed E-state index contributed by atoms with van der Waals surface area (Å²) in [5.74, 6) is -2.36. The van der Waals surface area contributed by atoms with E-state index < -0.39 is 35.6 Å². The molecule has 6 rings (SSSR count). The third kappa shape index (κ3) is 9.93. The molecule has 3 aliphatic rings. The van der Waals surface area contributed by atoms with Gasteiger partial charge in [0.15, 0.2) is 5.82 Å². The van der Waals surface area contributed by atoms with Crippen LogP contribution < -0.4 is 18.7 Å². The number of imide groups is 2. The van der Waals surface area contributed by atoms with Crippen molar-refractivity contribution in [2.45, 2.75) is 83.6 Å². The molecule has 0 aromatic carbocycles. The highest BCUT2D eigenvalue weighted by atomic mass is 35.5. The molecule has 0 saturated carbocycles. The molecule has 278 valence electrons. The molecule has 4 amide bonds. The first-order valence-electron chi connectivity index (χ1n) is 17.2. The number of fused-ring (bicyclic) bond motifs is 2. The lowest BCUT2D eigenvalue weighted by atomic mass is 10.2. The minimum atomic E-state index is -0.600. The Kier molecular flexibility index (Phi) is 12.7. The normalized spacial score (nSPS) is 16.3. The number of pyridine rings is 1. The SMILES string of the molecule is O=C(CCCCCN1C=C(Cl)C=c2s/c(=C\C=C\c3nc4c(cc(Cl)c[n+]4CCCCCC(=O)ON4C(=O)CCC4=O)s3)nc21)ON1C(=O)CCC1=O. The number of thiazole rings is 2. The van der Waals surface area contributed by atoms with Gasteiger partial charge in [-0.15, -0.1) is 21.5 Å². The van der Waals surface area contributed by atoms with Crippen LogP contribution in [-0.4, -0.2) is 62.2 Å². The number of hydrogen-bond donors (Lipinski definition) is 0. The zero-order chi connectivity index (χ0) is 37.5. The molecular formula is C35H35Cl2N6O8S2+. The van der Waals surface area contributed by atoms with Crippen molar-refractivity contribution in [2.24, 2.45) is 0 Å². The lowest BCUT2D eigenvalue weighted by Crippen LogP contribution is -2.34. The number of hydrogen-bond acceptors (Lipinski definition) is 13. The average Bonchev–Trinajstić information content (AvgIpc) is 3.88. The Hall–Kier alpha value is -4.51. The number of anilines is 1. The highest BCUT2D eigenvalue weighted by molar-refractivity contribution is 7.19. The van der Waals surface area contributed by atoms with E-state index in [0.717, 1.165) is 56.1 Å². The number of aryl methyl sites for hydroxylation is 1. The van der Waals surface area contributed by atoms with Crippen molar-refractivity contribution in [3.05, 3.63) is 48.8 Å². The topological polar surface area (TPSA) is 160 Å². The molecular weight excluding hydrogens is 767 g/mol. The van der Waals surface area contributed by atoms with Gasteiger partial charge >= 0.3 is 17.6 Å². The first-order valence-corrected chi connectivity index (χ1v) is 19.6. The van der Waals surface area contributed by atoms with E-state index in [0.29, 0.717) is 46.1 Å². The molecule has 0 bridgehead atoms. The third-order valence-electron chi connectivity index (χ3n) is 8.38. The summed E-state index contributed by atoms with van der Waals surface area (Å²) in [6.45, 7) is 1.27. The largest absolute Gasteiger partial charge is 0.342 e. The molecule has 0 radical (unpaired) electrons. The van der Waals surface area contributed by atoms with Gasteiger partial charge in [-0.2, -0.15) is 0 Å². The zero-order valence-electron chi connectivity index (χ0n) is 28.5. The van der Waals surface area contributed by atoms with E-state index in [4.69, 9.17) is 42.8 Å². The standard InChI is InChI=1S/C35H35Cl2N6O8S2/c36-22-18-24-34(40(20-22)16-5-1-3-10-32(48)50-42-28(44)12-13-29(42)45)38-26(52-24)8-7-9-27-39-35-25(53-27)19-23(37)21-41(35)17-6-2-4-11-33(49)51-43-30(46)14-15-31(43)47/h7-9,18-21H,1-6,10-17H2/q+1. The van der Waals surface area contributed by atoms with Gasteiger partial charge in [0.25, 0.3) is 23.6 Å². The monoisotopic (exact) mass is 801 g/mol. The Labute approximate surface area is 321 Å². The summed E-state index contributed by atoms with van der Waals surface area (Å²) in [5.41, 5.74) is 0.800. The number of nitrogens with zero attached hydrogens (tertiary/aromatic N) is 6. The molecule has 0 unspecified atom stereocenters. The molecule has 2 saturated heterocycles. The van der Waals surface area contributed by atoms with E-state index in [9.17, 15) is 28.8 Å². The number of aromatic nitrogens is 3. The highest BCUT2D eigenvalue weighted by Gasteiger charge is 2.33. The summed E-state index contributed by atoms with van der Waals surface area (Å²) in [5, 5.41) is 3.11. The molecule has 18 heteroatoms. The van der Waals surface area contributed by atoms with Crippen LogP contribution >= 0.6 is 45.9 Å². The Morgan fingerprint density at radius 3 is 2.09 bits per heavy atom. The maximum absolute atomic E-state index is 12.1. The second-order valence-electron chi connectivity index (χ2n) is 12.4. The fourth-order valence-corrected chi connectivity index (χ4v) is 8.26. The number of carbonyl (C=O) groups is 6. The number of rotatable bonds is 16. The smallest absolute Gasteiger partial charge is 0.330 e. The number of unbranched alkanes of at least 4 members (excludes halogenated alkanes) is 4. The van der Waals surface area contributed by atoms with Crippen LogP contribution in [0.4, 0.5) is 5.82 Å². The number of amides is 4. The van der Waals surface area contributed by atoms with Crippen LogP contribution in [-0.2, 0) is 45.0 Å². The average molecular weight is 803 g/mol. The van der Waals surface area contributed by atoms with E-state index in [-0.39, 0.29) is 38.5 Å². The van der Waals surface area contributed by atoms with Crippen molar-refractivity contribution in [3.63, 3.8) is 0 Å². The highest BCUT2D eigenvalue weighted by Crippen LogP contribution is 2.24. The second-order valence-corrected chi connectivity index (χ2v) is 15.4. The van der Waals surface area contributed by atoms with E-state index in [1.807, 2.05) is 52.2 Å². The molecule has 0 atom stereocenters. The number of carbonyl (C=O) groups excluding carboxylic acids is 6. The Balaban J connectivity index is 0.989. The van der Waals surface area contributed by atoms with Crippen molar-refractivity contribution >= 4 is 116 Å². The van der Waals surface area contributed by atoms with Gasteiger partial charge in [0.05, 0.1) is 21.1 Å². The third-order valence-corrected chi connectivity index (χ3v) is 10.7. The summed E-state index contributed by atoms with van der Waals surface area (Å²) in [4.78, 5) is 92.2. The molecule has 14 nitrogen and oxygen atoms in total. The van der Waals surface area contributed by atoms with Crippen molar-refractivity contribution < 1.29 is 43.0 Å². The fourth-order valence-electron chi connectivity index (χ4n) is 5.79. The summed E-state index contributed by atoms with van der Waals surface area (Å²) in [6, 6.07) is 1.88. The predicted octanol–water partition coefficient (Wildman–Crippen LogP) is 4.20. The molecule has 2 fully saturated rings. The summed E-state index contributed by atoms with van der Waals surface area (Å²) in [7, 11) is 0. The summed E-state index contributed by atoms with van der Waals surface area (Å²) in [6.07, 6.45) is 15.8.